The van der Waals surface area contributed by atoms with Crippen molar-refractivity contribution < 1.29 is 34.8 Å². The van der Waals surface area contributed by atoms with Crippen LogP contribution in [0.3, 0.4) is 0 Å². The Labute approximate surface area is 212 Å². The Morgan fingerprint density at radius 1 is 1.08 bits per heavy atom. The first kappa shape index (κ1) is 24.4. The number of ketones is 2. The van der Waals surface area contributed by atoms with E-state index in [1.807, 2.05) is 43.3 Å². The van der Waals surface area contributed by atoms with Gasteiger partial charge in [0.15, 0.2) is 11.4 Å². The summed E-state index contributed by atoms with van der Waals surface area (Å²) in [6, 6.07) is 9.21. The van der Waals surface area contributed by atoms with Gasteiger partial charge in [0.2, 0.25) is 5.78 Å². The standard InChI is InChI=1S/C27H27N3O7/c1-30(2)14-5-3-11(4-6-14)15-10-17(28)22(32)20-16(15)8-12-7-13-9-18(31)21(26(29)36)25(35)27(13,37)24(34)19(12)23(20)33/h3-6,10,12-13,32-33,35,37H,7-9,28H2,1-2H3,(H2,29,36)/t12-,13+,27+/m1/s1. The molecule has 0 aliphatic heterocycles. The topological polar surface area (TPSA) is 187 Å². The number of Topliss-reactive ketones (excluding diaryl/α,β-unsaturated/α-hetero) is 2. The minimum absolute atomic E-state index is 0.0158. The van der Waals surface area contributed by atoms with Crippen molar-refractivity contribution in [3.63, 3.8) is 0 Å². The van der Waals surface area contributed by atoms with Crippen LogP contribution in [0.4, 0.5) is 11.4 Å². The molecule has 0 spiro atoms. The zero-order valence-corrected chi connectivity index (χ0v) is 20.3. The number of anilines is 2. The summed E-state index contributed by atoms with van der Waals surface area (Å²) >= 11 is 0. The number of aromatic hydroxyl groups is 1. The molecule has 3 aliphatic carbocycles. The molecule has 10 nitrogen and oxygen atoms in total. The number of rotatable bonds is 3. The lowest BCUT2D eigenvalue weighted by Gasteiger charge is -2.46. The second kappa shape index (κ2) is 8.10. The smallest absolute Gasteiger partial charge is 0.255 e. The Hall–Kier alpha value is -4.31. The van der Waals surface area contributed by atoms with Gasteiger partial charge in [0.25, 0.3) is 5.91 Å². The fraction of sp³-hybridized carbons (Fsp3) is 0.296. The Bertz CT molecular complexity index is 1460. The first-order chi connectivity index (χ1) is 17.4. The van der Waals surface area contributed by atoms with E-state index in [0.29, 0.717) is 11.1 Å². The highest BCUT2D eigenvalue weighted by Gasteiger charge is 2.60. The number of nitrogens with zero attached hydrogens (tertiary/aromatic N) is 1. The molecule has 10 heteroatoms. The van der Waals surface area contributed by atoms with Crippen LogP contribution in [0, 0.1) is 11.8 Å². The highest BCUT2D eigenvalue weighted by atomic mass is 16.3. The van der Waals surface area contributed by atoms with Crippen LogP contribution in [-0.4, -0.2) is 57.6 Å². The number of benzene rings is 2. The van der Waals surface area contributed by atoms with E-state index in [-0.39, 0.29) is 36.1 Å². The van der Waals surface area contributed by atoms with E-state index in [1.54, 1.807) is 6.07 Å². The van der Waals surface area contributed by atoms with Crippen molar-refractivity contribution in [3.8, 4) is 16.9 Å². The summed E-state index contributed by atoms with van der Waals surface area (Å²) in [5.41, 5.74) is 10.6. The van der Waals surface area contributed by atoms with Crippen LogP contribution in [0.15, 0.2) is 47.2 Å². The third kappa shape index (κ3) is 3.32. The molecule has 0 saturated heterocycles. The van der Waals surface area contributed by atoms with Crippen molar-refractivity contribution in [2.75, 3.05) is 24.7 Å². The van der Waals surface area contributed by atoms with Gasteiger partial charge in [0.1, 0.15) is 22.8 Å². The quantitative estimate of drug-likeness (QED) is 0.205. The molecule has 0 heterocycles. The van der Waals surface area contributed by atoms with Crippen molar-refractivity contribution in [1.29, 1.82) is 0 Å². The number of aliphatic hydroxyl groups is 3. The lowest BCUT2D eigenvalue weighted by molar-refractivity contribution is -0.147. The minimum Gasteiger partial charge on any atom is -0.508 e. The molecule has 5 rings (SSSR count). The second-order valence-corrected chi connectivity index (χ2v) is 10.1. The zero-order valence-electron chi connectivity index (χ0n) is 20.3. The van der Waals surface area contributed by atoms with Crippen molar-refractivity contribution in [2.45, 2.75) is 24.9 Å². The molecule has 0 aromatic heterocycles. The molecule has 37 heavy (non-hydrogen) atoms. The molecular formula is C27H27N3O7. The maximum Gasteiger partial charge on any atom is 0.255 e. The van der Waals surface area contributed by atoms with Crippen molar-refractivity contribution in [2.24, 2.45) is 17.6 Å². The fourth-order valence-electron chi connectivity index (χ4n) is 5.91. The van der Waals surface area contributed by atoms with Gasteiger partial charge in [-0.05, 0) is 53.6 Å². The summed E-state index contributed by atoms with van der Waals surface area (Å²) in [7, 11) is 3.83. The fourth-order valence-corrected chi connectivity index (χ4v) is 5.91. The molecule has 0 unspecified atom stereocenters. The highest BCUT2D eigenvalue weighted by Crippen LogP contribution is 2.53. The molecule has 192 valence electrons. The average Bonchev–Trinajstić information content (AvgIpc) is 2.83. The number of carbonyl (C=O) groups excluding carboxylic acids is 3. The number of amides is 1. The summed E-state index contributed by atoms with van der Waals surface area (Å²) < 4.78 is 0. The number of carbonyl (C=O) groups is 3. The molecule has 3 aliphatic rings. The molecule has 1 fully saturated rings. The number of fused-ring (bicyclic) bond motifs is 3. The molecule has 0 radical (unpaired) electrons. The molecular weight excluding hydrogens is 478 g/mol. The third-order valence-electron chi connectivity index (χ3n) is 7.79. The monoisotopic (exact) mass is 505 g/mol. The Balaban J connectivity index is 1.70. The Morgan fingerprint density at radius 2 is 1.73 bits per heavy atom. The zero-order chi connectivity index (χ0) is 27.0. The van der Waals surface area contributed by atoms with Crippen LogP contribution < -0.4 is 16.4 Å². The number of aliphatic hydroxyl groups excluding tert-OH is 2. The molecule has 3 atom stereocenters. The lowest BCUT2D eigenvalue weighted by Crippen LogP contribution is -2.58. The molecule has 1 saturated carbocycles. The minimum atomic E-state index is -2.60. The van der Waals surface area contributed by atoms with Gasteiger partial charge in [0.05, 0.1) is 11.3 Å². The first-order valence-corrected chi connectivity index (χ1v) is 11.8. The van der Waals surface area contributed by atoms with Crippen molar-refractivity contribution in [3.05, 3.63) is 58.4 Å². The van der Waals surface area contributed by atoms with E-state index in [9.17, 15) is 34.8 Å². The predicted molar refractivity (Wildman–Crippen MR) is 136 cm³/mol. The molecule has 8 N–H and O–H groups in total. The number of hydrogen-bond acceptors (Lipinski definition) is 9. The van der Waals surface area contributed by atoms with E-state index in [4.69, 9.17) is 11.5 Å². The van der Waals surface area contributed by atoms with Gasteiger partial charge in [0, 0.05) is 37.7 Å². The predicted octanol–water partition coefficient (Wildman–Crippen LogP) is 1.74. The van der Waals surface area contributed by atoms with Gasteiger partial charge in [-0.3, -0.25) is 14.4 Å². The Kier molecular flexibility index (Phi) is 5.34. The van der Waals surface area contributed by atoms with Gasteiger partial charge in [-0.25, -0.2) is 0 Å². The van der Waals surface area contributed by atoms with E-state index in [1.165, 1.54) is 0 Å². The second-order valence-electron chi connectivity index (χ2n) is 10.1. The highest BCUT2D eigenvalue weighted by molar-refractivity contribution is 6.22. The van der Waals surface area contributed by atoms with E-state index < -0.39 is 57.8 Å². The van der Waals surface area contributed by atoms with Crippen LogP contribution >= 0.6 is 0 Å². The van der Waals surface area contributed by atoms with Gasteiger partial charge >= 0.3 is 0 Å². The van der Waals surface area contributed by atoms with Gasteiger partial charge in [-0.1, -0.05) is 12.1 Å². The summed E-state index contributed by atoms with van der Waals surface area (Å²) in [6.45, 7) is 0. The number of phenolic OH excluding ortho intramolecular Hbond substituents is 1. The molecule has 0 bridgehead atoms. The summed E-state index contributed by atoms with van der Waals surface area (Å²) in [5, 5.41) is 44.1. The number of primary amides is 1. The van der Waals surface area contributed by atoms with Gasteiger partial charge in [-0.15, -0.1) is 0 Å². The van der Waals surface area contributed by atoms with Crippen molar-refractivity contribution in [1.82, 2.24) is 0 Å². The SMILES string of the molecule is CN(C)c1ccc(-c2cc(N)c(O)c3c2C[C@H]2C[C@H]4CC(=O)C(C(N)=O)=C(O)[C@@]4(O)C(=O)C2=C3O)cc1. The van der Waals surface area contributed by atoms with Crippen LogP contribution in [0.2, 0.25) is 0 Å². The summed E-state index contributed by atoms with van der Waals surface area (Å²) in [5.74, 6) is -6.78. The summed E-state index contributed by atoms with van der Waals surface area (Å²) in [4.78, 5) is 39.9. The van der Waals surface area contributed by atoms with E-state index in [0.717, 1.165) is 11.3 Å². The number of hydrogen-bond donors (Lipinski definition) is 6. The summed E-state index contributed by atoms with van der Waals surface area (Å²) in [6.07, 6.45) is -0.103. The van der Waals surface area contributed by atoms with E-state index >= 15 is 0 Å². The van der Waals surface area contributed by atoms with Crippen molar-refractivity contribution >= 4 is 34.6 Å². The van der Waals surface area contributed by atoms with Crippen LogP contribution in [0.1, 0.15) is 24.0 Å². The third-order valence-corrected chi connectivity index (χ3v) is 7.79. The first-order valence-electron chi connectivity index (χ1n) is 11.8. The normalized spacial score (nSPS) is 24.9. The Morgan fingerprint density at radius 3 is 2.32 bits per heavy atom. The molecule has 2 aromatic rings. The number of phenols is 1. The van der Waals surface area contributed by atoms with Crippen LogP contribution in [0.5, 0.6) is 5.75 Å². The average molecular weight is 506 g/mol. The lowest BCUT2D eigenvalue weighted by atomic mass is 9.59. The number of nitrogens with two attached hydrogens (primary N) is 2. The number of nitrogen functional groups attached to an aromatic ring is 1. The van der Waals surface area contributed by atoms with Gasteiger partial charge < -0.3 is 36.8 Å². The maximum atomic E-state index is 13.6. The maximum absolute atomic E-state index is 13.6. The van der Waals surface area contributed by atoms with Crippen LogP contribution in [0.25, 0.3) is 16.9 Å². The largest absolute Gasteiger partial charge is 0.508 e. The van der Waals surface area contributed by atoms with E-state index in [2.05, 4.69) is 0 Å². The van der Waals surface area contributed by atoms with Gasteiger partial charge in [-0.2, -0.15) is 0 Å². The molecule has 2 aromatic carbocycles. The molecule has 1 amide bonds. The van der Waals surface area contributed by atoms with Crippen LogP contribution in [-0.2, 0) is 20.8 Å².